The Morgan fingerprint density at radius 1 is 0.897 bits per heavy atom. The molecule has 208 valence electrons. The number of benzene rings is 3. The van der Waals surface area contributed by atoms with E-state index in [1.54, 1.807) is 24.3 Å². The molecule has 4 rings (SSSR count). The van der Waals surface area contributed by atoms with Crippen LogP contribution in [0.4, 0.5) is 0 Å². The highest BCUT2D eigenvalue weighted by molar-refractivity contribution is 7.90. The van der Waals surface area contributed by atoms with E-state index in [9.17, 15) is 13.2 Å². The molecule has 0 saturated heterocycles. The fourth-order valence-corrected chi connectivity index (χ4v) is 6.69. The predicted molar refractivity (Wildman–Crippen MR) is 160 cm³/mol. The van der Waals surface area contributed by atoms with Crippen LogP contribution in [0.2, 0.25) is 0 Å². The second-order valence-electron chi connectivity index (χ2n) is 11.7. The first-order chi connectivity index (χ1) is 18.5. The summed E-state index contributed by atoms with van der Waals surface area (Å²) in [6.07, 6.45) is 4.69. The average Bonchev–Trinajstić information content (AvgIpc) is 2.87. The fourth-order valence-electron chi connectivity index (χ4n) is 5.70. The van der Waals surface area contributed by atoms with Gasteiger partial charge in [0.25, 0.3) is 10.0 Å². The number of carbonyl (C=O) groups excluding carboxylic acids is 1. The first kappa shape index (κ1) is 29.0. The van der Waals surface area contributed by atoms with Crippen molar-refractivity contribution in [3.8, 4) is 11.1 Å². The second-order valence-corrected chi connectivity index (χ2v) is 13.4. The molecule has 0 heterocycles. The maximum atomic E-state index is 13.2. The SMILES string of the molecule is CC(C)c1cc(-c2cccc3c2CCCC3)cc(C(C)C)c1CC(=O)NS(=O)(=O)c1ccc(CN(C)C)cc1. The van der Waals surface area contributed by atoms with Crippen molar-refractivity contribution in [1.29, 1.82) is 0 Å². The molecule has 0 saturated carbocycles. The van der Waals surface area contributed by atoms with Gasteiger partial charge in [0.15, 0.2) is 0 Å². The number of nitrogens with one attached hydrogen (secondary N) is 1. The van der Waals surface area contributed by atoms with E-state index in [1.165, 1.54) is 35.1 Å². The normalized spacial score (nSPS) is 13.7. The monoisotopic (exact) mass is 546 g/mol. The minimum absolute atomic E-state index is 0.0200. The van der Waals surface area contributed by atoms with Gasteiger partial charge in [-0.25, -0.2) is 13.1 Å². The van der Waals surface area contributed by atoms with Crippen LogP contribution in [-0.2, 0) is 40.6 Å². The summed E-state index contributed by atoms with van der Waals surface area (Å²) in [5, 5.41) is 0. The van der Waals surface area contributed by atoms with Crippen LogP contribution in [0, 0.1) is 0 Å². The predicted octanol–water partition coefficient (Wildman–Crippen LogP) is 6.59. The van der Waals surface area contributed by atoms with E-state index in [0.717, 1.165) is 35.1 Å². The van der Waals surface area contributed by atoms with Gasteiger partial charge < -0.3 is 4.90 Å². The van der Waals surface area contributed by atoms with Crippen molar-refractivity contribution >= 4 is 15.9 Å². The largest absolute Gasteiger partial charge is 0.305 e. The summed E-state index contributed by atoms with van der Waals surface area (Å²) >= 11 is 0. The third-order valence-electron chi connectivity index (χ3n) is 7.59. The van der Waals surface area contributed by atoms with Crippen molar-refractivity contribution in [3.05, 3.63) is 88.0 Å². The van der Waals surface area contributed by atoms with Crippen molar-refractivity contribution in [2.75, 3.05) is 14.1 Å². The van der Waals surface area contributed by atoms with Crippen LogP contribution < -0.4 is 4.72 Å². The minimum atomic E-state index is -3.97. The smallest absolute Gasteiger partial charge is 0.264 e. The molecule has 1 N–H and O–H groups in total. The number of carbonyl (C=O) groups is 1. The highest BCUT2D eigenvalue weighted by atomic mass is 32.2. The zero-order chi connectivity index (χ0) is 28.3. The third kappa shape index (κ3) is 6.79. The number of rotatable bonds is 9. The maximum Gasteiger partial charge on any atom is 0.264 e. The lowest BCUT2D eigenvalue weighted by Gasteiger charge is -2.24. The van der Waals surface area contributed by atoms with E-state index in [0.29, 0.717) is 6.54 Å². The third-order valence-corrected chi connectivity index (χ3v) is 8.98. The highest BCUT2D eigenvalue weighted by Crippen LogP contribution is 2.37. The van der Waals surface area contributed by atoms with Crippen LogP contribution in [0.5, 0.6) is 0 Å². The molecule has 3 aromatic carbocycles. The molecule has 0 unspecified atom stereocenters. The summed E-state index contributed by atoms with van der Waals surface area (Å²) in [5.41, 5.74) is 9.51. The molecular weight excluding hydrogens is 504 g/mol. The Balaban J connectivity index is 1.65. The number of hydrogen-bond acceptors (Lipinski definition) is 4. The molecule has 0 aliphatic heterocycles. The molecular formula is C33H42N2O3S. The van der Waals surface area contributed by atoms with Crippen molar-refractivity contribution in [2.45, 2.75) is 83.1 Å². The molecule has 0 radical (unpaired) electrons. The molecule has 1 aliphatic rings. The van der Waals surface area contributed by atoms with E-state index in [4.69, 9.17) is 0 Å². The average molecular weight is 547 g/mol. The van der Waals surface area contributed by atoms with E-state index in [1.807, 2.05) is 19.0 Å². The zero-order valence-electron chi connectivity index (χ0n) is 24.2. The number of hydrogen-bond donors (Lipinski definition) is 1. The Morgan fingerprint density at radius 2 is 1.51 bits per heavy atom. The first-order valence-corrected chi connectivity index (χ1v) is 15.5. The number of sulfonamides is 1. The van der Waals surface area contributed by atoms with Crippen LogP contribution in [0.15, 0.2) is 59.5 Å². The Morgan fingerprint density at radius 3 is 2.10 bits per heavy atom. The zero-order valence-corrected chi connectivity index (χ0v) is 25.0. The quantitative estimate of drug-likeness (QED) is 0.329. The standard InChI is InChI=1S/C33H42N2O3S/c1-22(2)30-18-26(29-13-9-11-25-10-7-8-12-28(25)29)19-31(23(3)4)32(30)20-33(36)34-39(37,38)27-16-14-24(15-17-27)21-35(5)6/h9,11,13-19,22-23H,7-8,10,12,20-21H2,1-6H3,(H,34,36). The van der Waals surface area contributed by atoms with Gasteiger partial charge in [-0.15, -0.1) is 0 Å². The number of fused-ring (bicyclic) bond motifs is 1. The van der Waals surface area contributed by atoms with Crippen LogP contribution in [-0.4, -0.2) is 33.3 Å². The van der Waals surface area contributed by atoms with Gasteiger partial charge in [-0.05, 0) is 108 Å². The molecule has 0 fully saturated rings. The Labute approximate surface area is 234 Å². The van der Waals surface area contributed by atoms with Gasteiger partial charge in [0.1, 0.15) is 0 Å². The number of nitrogens with zero attached hydrogens (tertiary/aromatic N) is 1. The molecule has 1 aliphatic carbocycles. The summed E-state index contributed by atoms with van der Waals surface area (Å²) in [7, 11) is -0.0452. The van der Waals surface area contributed by atoms with Gasteiger partial charge in [0, 0.05) is 6.54 Å². The van der Waals surface area contributed by atoms with Crippen molar-refractivity contribution in [3.63, 3.8) is 0 Å². The Bertz CT molecular complexity index is 1410. The number of amides is 1. The van der Waals surface area contributed by atoms with Crippen molar-refractivity contribution in [1.82, 2.24) is 9.62 Å². The van der Waals surface area contributed by atoms with Crippen LogP contribution in [0.1, 0.15) is 85.8 Å². The lowest BCUT2D eigenvalue weighted by atomic mass is 9.81. The fraction of sp³-hybridized carbons (Fsp3) is 0.424. The maximum absolute atomic E-state index is 13.2. The van der Waals surface area contributed by atoms with Crippen LogP contribution >= 0.6 is 0 Å². The summed E-state index contributed by atoms with van der Waals surface area (Å²) in [6, 6.07) is 17.8. The van der Waals surface area contributed by atoms with Crippen LogP contribution in [0.25, 0.3) is 11.1 Å². The molecule has 3 aromatic rings. The van der Waals surface area contributed by atoms with Crippen LogP contribution in [0.3, 0.4) is 0 Å². The summed E-state index contributed by atoms with van der Waals surface area (Å²) in [6.45, 7) is 9.26. The summed E-state index contributed by atoms with van der Waals surface area (Å²) in [4.78, 5) is 15.3. The molecule has 6 heteroatoms. The van der Waals surface area contributed by atoms with E-state index < -0.39 is 15.9 Å². The van der Waals surface area contributed by atoms with Gasteiger partial charge in [0.05, 0.1) is 11.3 Å². The highest BCUT2D eigenvalue weighted by Gasteiger charge is 2.24. The van der Waals surface area contributed by atoms with Crippen molar-refractivity contribution < 1.29 is 13.2 Å². The molecule has 0 bridgehead atoms. The van der Waals surface area contributed by atoms with E-state index in [-0.39, 0.29) is 23.2 Å². The first-order valence-electron chi connectivity index (χ1n) is 14.0. The van der Waals surface area contributed by atoms with Gasteiger partial charge in [-0.2, -0.15) is 0 Å². The molecule has 39 heavy (non-hydrogen) atoms. The van der Waals surface area contributed by atoms with E-state index >= 15 is 0 Å². The lowest BCUT2D eigenvalue weighted by molar-refractivity contribution is -0.118. The molecule has 5 nitrogen and oxygen atoms in total. The molecule has 1 amide bonds. The Kier molecular flexibility index (Phi) is 8.97. The lowest BCUT2D eigenvalue weighted by Crippen LogP contribution is -2.32. The van der Waals surface area contributed by atoms with Crippen molar-refractivity contribution in [2.24, 2.45) is 0 Å². The molecule has 0 spiro atoms. The number of aryl methyl sites for hydroxylation is 1. The summed E-state index contributed by atoms with van der Waals surface area (Å²) < 4.78 is 28.4. The van der Waals surface area contributed by atoms with Gasteiger partial charge in [-0.1, -0.05) is 70.2 Å². The molecule has 0 aromatic heterocycles. The second kappa shape index (κ2) is 12.1. The molecule has 0 atom stereocenters. The van der Waals surface area contributed by atoms with Gasteiger partial charge in [0.2, 0.25) is 5.91 Å². The Hall–Kier alpha value is -2.96. The van der Waals surface area contributed by atoms with Gasteiger partial charge in [-0.3, -0.25) is 4.79 Å². The van der Waals surface area contributed by atoms with Gasteiger partial charge >= 0.3 is 0 Å². The minimum Gasteiger partial charge on any atom is -0.305 e. The topological polar surface area (TPSA) is 66.5 Å². The summed E-state index contributed by atoms with van der Waals surface area (Å²) in [5.74, 6) is -0.141. The van der Waals surface area contributed by atoms with E-state index in [2.05, 4.69) is 62.7 Å².